The van der Waals surface area contributed by atoms with E-state index in [1.807, 2.05) is 5.43 Å². The van der Waals surface area contributed by atoms with Crippen molar-refractivity contribution >= 4 is 5.91 Å². The molecule has 1 heterocycles. The second-order valence-electron chi connectivity index (χ2n) is 3.88. The minimum atomic E-state index is -4.18. The van der Waals surface area contributed by atoms with Crippen LogP contribution in [0.4, 0.5) is 13.2 Å². The molecule has 18 heavy (non-hydrogen) atoms. The van der Waals surface area contributed by atoms with Crippen LogP contribution in [0.2, 0.25) is 0 Å². The molecule has 1 amide bonds. The van der Waals surface area contributed by atoms with Gasteiger partial charge in [-0.1, -0.05) is 0 Å². The zero-order valence-corrected chi connectivity index (χ0v) is 9.75. The fourth-order valence-electron chi connectivity index (χ4n) is 1.33. The lowest BCUT2D eigenvalue weighted by atomic mass is 10.3. The van der Waals surface area contributed by atoms with Crippen molar-refractivity contribution in [1.29, 1.82) is 0 Å². The Hall–Kier alpha value is -1.54. The first-order chi connectivity index (χ1) is 8.31. The van der Waals surface area contributed by atoms with E-state index in [-0.39, 0.29) is 18.7 Å². The van der Waals surface area contributed by atoms with Gasteiger partial charge in [0.1, 0.15) is 12.0 Å². The topological polar surface area (TPSA) is 71.5 Å². The van der Waals surface area contributed by atoms with E-state index in [0.29, 0.717) is 5.76 Å². The predicted molar refractivity (Wildman–Crippen MR) is 57.4 cm³/mol. The van der Waals surface area contributed by atoms with Crippen molar-refractivity contribution in [3.63, 3.8) is 0 Å². The van der Waals surface area contributed by atoms with Gasteiger partial charge in [0.05, 0.1) is 18.5 Å². The largest absolute Gasteiger partial charge is 0.467 e. The van der Waals surface area contributed by atoms with Gasteiger partial charge in [-0.3, -0.25) is 15.1 Å². The van der Waals surface area contributed by atoms with Crippen LogP contribution in [0, 0.1) is 0 Å². The van der Waals surface area contributed by atoms with Crippen molar-refractivity contribution in [2.75, 3.05) is 13.6 Å². The fraction of sp³-hybridized carbons (Fsp3) is 0.500. The minimum Gasteiger partial charge on any atom is -0.467 e. The monoisotopic (exact) mass is 265 g/mol. The molecule has 0 unspecified atom stereocenters. The van der Waals surface area contributed by atoms with Crippen LogP contribution in [-0.4, -0.2) is 30.6 Å². The van der Waals surface area contributed by atoms with Gasteiger partial charge in [-0.2, -0.15) is 13.2 Å². The Balaban J connectivity index is 2.47. The fourth-order valence-corrected chi connectivity index (χ4v) is 1.33. The number of halogens is 3. The lowest BCUT2D eigenvalue weighted by Crippen LogP contribution is -2.29. The van der Waals surface area contributed by atoms with Crippen LogP contribution in [0.25, 0.3) is 0 Å². The zero-order chi connectivity index (χ0) is 13.8. The van der Waals surface area contributed by atoms with Crippen molar-refractivity contribution in [3.8, 4) is 0 Å². The van der Waals surface area contributed by atoms with Crippen molar-refractivity contribution in [3.05, 3.63) is 23.7 Å². The summed E-state index contributed by atoms with van der Waals surface area (Å²) in [6, 6.07) is 1.44. The molecule has 0 aliphatic carbocycles. The third-order valence-corrected chi connectivity index (χ3v) is 2.25. The van der Waals surface area contributed by atoms with E-state index in [4.69, 9.17) is 10.3 Å². The van der Waals surface area contributed by atoms with Crippen molar-refractivity contribution in [2.24, 2.45) is 5.84 Å². The van der Waals surface area contributed by atoms with Gasteiger partial charge >= 0.3 is 6.18 Å². The Kier molecular flexibility index (Phi) is 4.74. The maximum atomic E-state index is 12.0. The third-order valence-electron chi connectivity index (χ3n) is 2.25. The maximum absolute atomic E-state index is 12.0. The van der Waals surface area contributed by atoms with Gasteiger partial charge in [-0.15, -0.1) is 0 Å². The molecule has 0 fully saturated rings. The summed E-state index contributed by atoms with van der Waals surface area (Å²) in [5, 5.41) is 0. The molecule has 1 rings (SSSR count). The Morgan fingerprint density at radius 2 is 2.22 bits per heavy atom. The molecule has 0 atom stereocenters. The molecule has 0 saturated heterocycles. The molecule has 8 heteroatoms. The Labute approximate surface area is 102 Å². The van der Waals surface area contributed by atoms with Crippen molar-refractivity contribution < 1.29 is 22.4 Å². The number of furan rings is 1. The zero-order valence-electron chi connectivity index (χ0n) is 9.75. The molecular formula is C10H14F3N3O2. The number of carbonyl (C=O) groups is 1. The standard InChI is InChI=1S/C10H14F3N3O2/c1-16(3-2-10(11,12)13)5-8-4-7(6-18-8)9(17)15-14/h4,6H,2-3,5,14H2,1H3,(H,15,17). The van der Waals surface area contributed by atoms with E-state index >= 15 is 0 Å². The number of nitrogens with one attached hydrogen (secondary N) is 1. The van der Waals surface area contributed by atoms with E-state index in [1.54, 1.807) is 0 Å². The molecular weight excluding hydrogens is 251 g/mol. The van der Waals surface area contributed by atoms with Gasteiger partial charge in [0.15, 0.2) is 0 Å². The lowest BCUT2D eigenvalue weighted by Gasteiger charge is -2.15. The van der Waals surface area contributed by atoms with E-state index in [1.165, 1.54) is 24.3 Å². The van der Waals surface area contributed by atoms with Crippen LogP contribution >= 0.6 is 0 Å². The van der Waals surface area contributed by atoms with Gasteiger partial charge in [-0.25, -0.2) is 5.84 Å². The molecule has 5 nitrogen and oxygen atoms in total. The van der Waals surface area contributed by atoms with E-state index in [9.17, 15) is 18.0 Å². The van der Waals surface area contributed by atoms with Crippen LogP contribution in [0.1, 0.15) is 22.5 Å². The number of amides is 1. The number of nitrogen functional groups attached to an aromatic ring is 1. The van der Waals surface area contributed by atoms with E-state index in [0.717, 1.165) is 0 Å². The van der Waals surface area contributed by atoms with E-state index in [2.05, 4.69) is 0 Å². The van der Waals surface area contributed by atoms with Crippen molar-refractivity contribution in [2.45, 2.75) is 19.1 Å². The average Bonchev–Trinajstić information content (AvgIpc) is 2.73. The molecule has 0 radical (unpaired) electrons. The summed E-state index contributed by atoms with van der Waals surface area (Å²) >= 11 is 0. The Bertz CT molecular complexity index is 403. The highest BCUT2D eigenvalue weighted by Crippen LogP contribution is 2.20. The summed E-state index contributed by atoms with van der Waals surface area (Å²) in [6.45, 7) is 0.0521. The lowest BCUT2D eigenvalue weighted by molar-refractivity contribution is -0.137. The number of alkyl halides is 3. The SMILES string of the molecule is CN(CCC(F)(F)F)Cc1cc(C(=O)NN)co1. The quantitative estimate of drug-likeness (QED) is 0.478. The highest BCUT2D eigenvalue weighted by molar-refractivity contribution is 5.93. The Morgan fingerprint density at radius 3 is 2.78 bits per heavy atom. The molecule has 102 valence electrons. The smallest absolute Gasteiger partial charge is 0.390 e. The van der Waals surface area contributed by atoms with Crippen LogP contribution in [0.15, 0.2) is 16.7 Å². The van der Waals surface area contributed by atoms with Gasteiger partial charge in [0.2, 0.25) is 0 Å². The molecule has 1 aromatic rings. The molecule has 0 aromatic carbocycles. The van der Waals surface area contributed by atoms with Gasteiger partial charge < -0.3 is 4.42 Å². The summed E-state index contributed by atoms with van der Waals surface area (Å²) in [5.41, 5.74) is 2.16. The normalized spacial score (nSPS) is 11.9. The molecule has 0 bridgehead atoms. The second-order valence-corrected chi connectivity index (χ2v) is 3.88. The molecule has 0 saturated carbocycles. The van der Waals surface area contributed by atoms with Crippen LogP contribution in [0.3, 0.4) is 0 Å². The first-order valence-corrected chi connectivity index (χ1v) is 5.15. The Morgan fingerprint density at radius 1 is 1.56 bits per heavy atom. The van der Waals surface area contributed by atoms with Gasteiger partial charge in [-0.05, 0) is 13.1 Å². The number of nitrogens with zero attached hydrogens (tertiary/aromatic N) is 1. The number of rotatable bonds is 5. The third kappa shape index (κ3) is 4.76. The number of carbonyl (C=O) groups excluding carboxylic acids is 1. The number of hydrogen-bond acceptors (Lipinski definition) is 4. The summed E-state index contributed by atoms with van der Waals surface area (Å²) in [7, 11) is 1.54. The summed E-state index contributed by atoms with van der Waals surface area (Å²) in [4.78, 5) is 12.6. The molecule has 1 aromatic heterocycles. The summed E-state index contributed by atoms with van der Waals surface area (Å²) in [5.74, 6) is 4.82. The minimum absolute atomic E-state index is 0.136. The van der Waals surface area contributed by atoms with E-state index < -0.39 is 18.5 Å². The first kappa shape index (κ1) is 14.5. The van der Waals surface area contributed by atoms with Crippen LogP contribution in [0.5, 0.6) is 0 Å². The molecule has 0 aliphatic rings. The summed E-state index contributed by atoms with van der Waals surface area (Å²) < 4.78 is 41.0. The number of hydrogen-bond donors (Lipinski definition) is 2. The molecule has 3 N–H and O–H groups in total. The van der Waals surface area contributed by atoms with Crippen molar-refractivity contribution in [1.82, 2.24) is 10.3 Å². The number of nitrogens with two attached hydrogens (primary N) is 1. The highest BCUT2D eigenvalue weighted by atomic mass is 19.4. The van der Waals surface area contributed by atoms with Gasteiger partial charge in [0.25, 0.3) is 5.91 Å². The second kappa shape index (κ2) is 5.87. The van der Waals surface area contributed by atoms with Gasteiger partial charge in [0, 0.05) is 6.54 Å². The molecule has 0 aliphatic heterocycles. The highest BCUT2D eigenvalue weighted by Gasteiger charge is 2.27. The maximum Gasteiger partial charge on any atom is 0.390 e. The molecule has 0 spiro atoms. The van der Waals surface area contributed by atoms with Crippen LogP contribution in [-0.2, 0) is 6.54 Å². The van der Waals surface area contributed by atoms with Crippen LogP contribution < -0.4 is 11.3 Å². The predicted octanol–water partition coefficient (Wildman–Crippen LogP) is 1.27. The number of hydrazine groups is 1. The summed E-state index contributed by atoms with van der Waals surface area (Å²) in [6.07, 6.45) is -3.86. The first-order valence-electron chi connectivity index (χ1n) is 5.15. The average molecular weight is 265 g/mol.